The van der Waals surface area contributed by atoms with E-state index in [0.717, 1.165) is 16.7 Å². The maximum atomic E-state index is 9.73. The Bertz CT molecular complexity index is 4260. The molecular weight excluding hydrogens is 805 g/mol. The van der Waals surface area contributed by atoms with Gasteiger partial charge in [-0.25, -0.2) is 4.98 Å². The van der Waals surface area contributed by atoms with Gasteiger partial charge in [0.1, 0.15) is 24.0 Å². The second kappa shape index (κ2) is 16.3. The van der Waals surface area contributed by atoms with Crippen LogP contribution in [0.3, 0.4) is 0 Å². The molecule has 5 heteroatoms. The van der Waals surface area contributed by atoms with Crippen molar-refractivity contribution in [3.8, 4) is 39.6 Å². The topological polar surface area (TPSA) is 33.5 Å². The highest BCUT2D eigenvalue weighted by Crippen LogP contribution is 2.50. The monoisotopic (exact) mass is 872 g/mol. The van der Waals surface area contributed by atoms with E-state index in [0.29, 0.717) is 33.6 Å². The van der Waals surface area contributed by atoms with Crippen LogP contribution in [0.25, 0.3) is 49.9 Å². The molecule has 8 aromatic carbocycles. The summed E-state index contributed by atoms with van der Waals surface area (Å²) in [5.74, 6) is -0.218. The Balaban J connectivity index is 1.08. The first-order valence-corrected chi connectivity index (χ1v) is 21.7. The van der Waals surface area contributed by atoms with Crippen LogP contribution < -0.4 is 14.5 Å². The number of hydrogen-bond acceptors (Lipinski definition) is 4. The Labute approximate surface area is 408 Å². The molecule has 0 atom stereocenters. The number of anilines is 4. The van der Waals surface area contributed by atoms with Gasteiger partial charge in [0, 0.05) is 51.3 Å². The number of aromatic nitrogens is 2. The smallest absolute Gasteiger partial charge is 0.137 e. The second-order valence-electron chi connectivity index (χ2n) is 17.8. The number of fused-ring (bicyclic) bond motifs is 4. The molecule has 3 heterocycles. The summed E-state index contributed by atoms with van der Waals surface area (Å²) in [6, 6.07) is 30.5. The second-order valence-corrected chi connectivity index (χ2v) is 17.8. The lowest BCUT2D eigenvalue weighted by atomic mass is 9.78. The van der Waals surface area contributed by atoms with Crippen molar-refractivity contribution in [2.24, 2.45) is 0 Å². The predicted molar refractivity (Wildman–Crippen MR) is 275 cm³/mol. The third-order valence-electron chi connectivity index (χ3n) is 12.3. The van der Waals surface area contributed by atoms with Gasteiger partial charge in [0.15, 0.2) is 0 Å². The minimum Gasteiger partial charge on any atom is -0.457 e. The molecular formula is C61H52N4O. The molecule has 322 valence electrons. The average Bonchev–Trinajstić information content (AvgIpc) is 4.17. The van der Waals surface area contributed by atoms with Crippen LogP contribution in [0.4, 0.5) is 22.7 Å². The SMILES string of the molecule is [2H]c1nc(-n2c3cc(Oc4cc(N5CN(c6c(-c7cccc(C(C)(C)C)c7)cccc6-c6c([2H])c([2H])c([2H])c([2H])c6[2H])c6ccccc65)c([2H])c([2H])c4[2H])ccc3c3c([2H])c([2H])c([2H])c([2H])c32)c([2H])c(C(C)(C)c2ccccc2)c1[2H]. The van der Waals surface area contributed by atoms with Crippen LogP contribution in [0.1, 0.15) is 71.9 Å². The van der Waals surface area contributed by atoms with Gasteiger partial charge in [-0.1, -0.05) is 174 Å². The first kappa shape index (κ1) is 27.4. The Morgan fingerprint density at radius 2 is 1.24 bits per heavy atom. The Morgan fingerprint density at radius 1 is 0.530 bits per heavy atom. The lowest BCUT2D eigenvalue weighted by Gasteiger charge is -2.28. The number of benzene rings is 8. The number of pyridine rings is 1. The summed E-state index contributed by atoms with van der Waals surface area (Å²) >= 11 is 0. The standard InChI is InChI=1S/C61H52N4O/c1-60(2,3)45-24-16-21-43(37-45)51-29-18-28-50(42-19-8-6-9-20-42)59(51)64-41-63(55-31-14-15-32-56(55)64)47-25-17-26-48(39-47)66-49-33-34-53-52-27-12-13-30-54(52)65(57(53)40-49)58-38-46(35-36-62-58)61(4,5)44-22-10-7-11-23-44/h6-40H,41H2,1-5H3/i6D,8D,9D,12D,13D,17D,19D,20D,25D,26D,27D,30D,35D,36D,38D. The molecule has 0 unspecified atom stereocenters. The lowest BCUT2D eigenvalue weighted by molar-refractivity contribution is 0.483. The molecule has 5 nitrogen and oxygen atoms in total. The molecule has 66 heavy (non-hydrogen) atoms. The number of para-hydroxylation sites is 4. The molecule has 11 rings (SSSR count). The van der Waals surface area contributed by atoms with Crippen LogP contribution in [-0.2, 0) is 10.8 Å². The van der Waals surface area contributed by atoms with E-state index in [1.54, 1.807) is 29.2 Å². The fourth-order valence-electron chi connectivity index (χ4n) is 8.80. The van der Waals surface area contributed by atoms with Crippen LogP contribution in [-0.4, -0.2) is 16.2 Å². The summed E-state index contributed by atoms with van der Waals surface area (Å²) in [6.07, 6.45) is -0.460. The summed E-state index contributed by atoms with van der Waals surface area (Å²) in [5, 5.41) is 0.438. The van der Waals surface area contributed by atoms with Crippen molar-refractivity contribution in [3.05, 3.63) is 229 Å². The van der Waals surface area contributed by atoms with Crippen molar-refractivity contribution in [2.75, 3.05) is 16.5 Å². The molecule has 0 N–H and O–H groups in total. The van der Waals surface area contributed by atoms with Gasteiger partial charge in [-0.15, -0.1) is 0 Å². The molecule has 0 bridgehead atoms. The third-order valence-corrected chi connectivity index (χ3v) is 12.3. The van der Waals surface area contributed by atoms with Gasteiger partial charge in [0.2, 0.25) is 0 Å². The zero-order chi connectivity index (χ0) is 58.0. The Morgan fingerprint density at radius 3 is 2.05 bits per heavy atom. The summed E-state index contributed by atoms with van der Waals surface area (Å²) < 4.78 is 143. The maximum absolute atomic E-state index is 9.73. The predicted octanol–water partition coefficient (Wildman–Crippen LogP) is 16.2. The van der Waals surface area contributed by atoms with Gasteiger partial charge in [-0.2, -0.15) is 0 Å². The van der Waals surface area contributed by atoms with E-state index in [4.69, 9.17) is 18.4 Å². The molecule has 0 aliphatic carbocycles. The fraction of sp³-hybridized carbons (Fsp3) is 0.131. The van der Waals surface area contributed by atoms with Crippen LogP contribution >= 0.6 is 0 Å². The van der Waals surface area contributed by atoms with Crippen molar-refractivity contribution < 1.29 is 25.3 Å². The van der Waals surface area contributed by atoms with E-state index in [1.165, 1.54) is 16.7 Å². The third kappa shape index (κ3) is 7.27. The maximum Gasteiger partial charge on any atom is 0.137 e. The molecule has 0 saturated carbocycles. The molecule has 0 spiro atoms. The highest BCUT2D eigenvalue weighted by atomic mass is 16.5. The number of rotatable bonds is 9. The zero-order valence-corrected chi connectivity index (χ0v) is 37.0. The fourth-order valence-corrected chi connectivity index (χ4v) is 8.80. The lowest BCUT2D eigenvalue weighted by Crippen LogP contribution is -2.25. The van der Waals surface area contributed by atoms with Gasteiger partial charge in [0.05, 0.1) is 48.7 Å². The van der Waals surface area contributed by atoms with Gasteiger partial charge in [0.25, 0.3) is 0 Å². The quantitative estimate of drug-likeness (QED) is 0.145. The molecule has 10 aromatic rings. The van der Waals surface area contributed by atoms with Crippen LogP contribution in [0, 0.1) is 0 Å². The molecule has 0 fully saturated rings. The summed E-state index contributed by atoms with van der Waals surface area (Å²) in [6.45, 7) is 9.97. The van der Waals surface area contributed by atoms with Gasteiger partial charge < -0.3 is 14.5 Å². The van der Waals surface area contributed by atoms with Crippen LogP contribution in [0.15, 0.2) is 212 Å². The van der Waals surface area contributed by atoms with E-state index in [2.05, 4.69) is 31.8 Å². The minimum absolute atomic E-state index is 0.00136. The highest BCUT2D eigenvalue weighted by molar-refractivity contribution is 6.09. The largest absolute Gasteiger partial charge is 0.457 e. The first-order valence-electron chi connectivity index (χ1n) is 29.2. The van der Waals surface area contributed by atoms with Crippen molar-refractivity contribution in [2.45, 2.75) is 45.4 Å². The highest BCUT2D eigenvalue weighted by Gasteiger charge is 2.32. The molecule has 0 saturated heterocycles. The Hall–Kier alpha value is -7.89. The zero-order valence-electron chi connectivity index (χ0n) is 52.0. The number of hydrogen-bond donors (Lipinski definition) is 0. The van der Waals surface area contributed by atoms with Crippen molar-refractivity contribution in [3.63, 3.8) is 0 Å². The van der Waals surface area contributed by atoms with Crippen LogP contribution in [0.5, 0.6) is 11.5 Å². The average molecular weight is 872 g/mol. The van der Waals surface area contributed by atoms with E-state index in [-0.39, 0.29) is 98.9 Å². The Kier molecular flexibility index (Phi) is 6.77. The number of ether oxygens (including phenoxy) is 1. The van der Waals surface area contributed by atoms with E-state index >= 15 is 0 Å². The normalized spacial score (nSPS) is 16.0. The van der Waals surface area contributed by atoms with E-state index in [1.807, 2.05) is 97.6 Å². The van der Waals surface area contributed by atoms with E-state index < -0.39 is 59.9 Å². The molecule has 1 aliphatic rings. The van der Waals surface area contributed by atoms with Crippen molar-refractivity contribution in [1.82, 2.24) is 9.55 Å². The van der Waals surface area contributed by atoms with Crippen molar-refractivity contribution in [1.29, 1.82) is 0 Å². The van der Waals surface area contributed by atoms with Crippen molar-refractivity contribution >= 4 is 44.6 Å². The van der Waals surface area contributed by atoms with Gasteiger partial charge >= 0.3 is 0 Å². The number of nitrogens with zero attached hydrogens (tertiary/aromatic N) is 4. The molecule has 0 radical (unpaired) electrons. The summed E-state index contributed by atoms with van der Waals surface area (Å²) in [5.41, 5.74) is 4.67. The first-order chi connectivity index (χ1) is 38.3. The molecule has 1 aliphatic heterocycles. The van der Waals surface area contributed by atoms with Crippen LogP contribution in [0.2, 0.25) is 0 Å². The van der Waals surface area contributed by atoms with Gasteiger partial charge in [-0.05, 0) is 87.7 Å². The molecule has 2 aromatic heterocycles. The summed E-state index contributed by atoms with van der Waals surface area (Å²) in [7, 11) is 0. The van der Waals surface area contributed by atoms with Gasteiger partial charge in [-0.3, -0.25) is 4.57 Å². The summed E-state index contributed by atoms with van der Waals surface area (Å²) in [4.78, 5) is 8.22. The minimum atomic E-state index is -1.00. The van der Waals surface area contributed by atoms with E-state index in [9.17, 15) is 6.85 Å². The molecule has 0 amide bonds.